The van der Waals surface area contributed by atoms with Crippen LogP contribution in [0.2, 0.25) is 0 Å². The third-order valence-corrected chi connectivity index (χ3v) is 1.48. The van der Waals surface area contributed by atoms with E-state index in [9.17, 15) is 16.4 Å². The van der Waals surface area contributed by atoms with E-state index in [0.29, 0.717) is 0 Å². The van der Waals surface area contributed by atoms with E-state index in [1.165, 1.54) is 0 Å². The predicted octanol–water partition coefficient (Wildman–Crippen LogP) is 0.651. The molecule has 0 nitrogen and oxygen atoms in total. The molecule has 6 heteroatoms. The summed E-state index contributed by atoms with van der Waals surface area (Å²) in [5, 5.41) is 0. The molecular formula is HF4Si2. The maximum absolute atomic E-state index is 10.6. The summed E-state index contributed by atoms with van der Waals surface area (Å²) in [6, 6.07) is 0. The Morgan fingerprint density at radius 3 is 1.33 bits per heavy atom. The van der Waals surface area contributed by atoms with Crippen molar-refractivity contribution in [1.82, 2.24) is 0 Å². The topological polar surface area (TPSA) is 0 Å². The summed E-state index contributed by atoms with van der Waals surface area (Å²) in [6.07, 6.45) is 0. The molecule has 0 aliphatic carbocycles. The van der Waals surface area contributed by atoms with Gasteiger partial charge in [-0.1, -0.05) is 0 Å². The minimum atomic E-state index is -4.48. The van der Waals surface area contributed by atoms with E-state index in [0.717, 1.165) is 0 Å². The van der Waals surface area contributed by atoms with Gasteiger partial charge in [-0.25, -0.2) is 0 Å². The summed E-state index contributed by atoms with van der Waals surface area (Å²) < 4.78 is 42.3. The van der Waals surface area contributed by atoms with Gasteiger partial charge in [0, 0.05) is 0 Å². The average Bonchev–Trinajstić information content (AvgIpc) is 1.36. The fourth-order valence-electron chi connectivity index (χ4n) is 0. The molecular weight excluding hydrogens is 132 g/mol. The van der Waals surface area contributed by atoms with Crippen molar-refractivity contribution in [3.63, 3.8) is 0 Å². The van der Waals surface area contributed by atoms with Crippen LogP contribution in [0.5, 0.6) is 0 Å². The highest BCUT2D eigenvalue weighted by Crippen LogP contribution is 1.94. The highest BCUT2D eigenvalue weighted by atomic mass is 29.3. The van der Waals surface area contributed by atoms with E-state index in [2.05, 4.69) is 0 Å². The van der Waals surface area contributed by atoms with Gasteiger partial charge >= 0.3 is 18.0 Å². The monoisotopic (exact) mass is 133 g/mol. The maximum Gasteiger partial charge on any atom is 0.526 e. The Bertz CT molecular complexity index is 26.5. The zero-order valence-electron chi connectivity index (χ0n) is 2.59. The second-order valence-corrected chi connectivity index (χ2v) is 4.39. The minimum absolute atomic E-state index is 4.15. The lowest BCUT2D eigenvalue weighted by Gasteiger charge is -1.81. The first kappa shape index (κ1) is 6.15. The fourth-order valence-corrected chi connectivity index (χ4v) is 0. The summed E-state index contributed by atoms with van der Waals surface area (Å²) in [7, 11) is -8.62. The number of hydrogen-bond donors (Lipinski definition) is 0. The van der Waals surface area contributed by atoms with Crippen molar-refractivity contribution in [2.24, 2.45) is 0 Å². The molecule has 0 atom stereocenters. The molecule has 0 aromatic carbocycles. The molecule has 0 bridgehead atoms. The van der Waals surface area contributed by atoms with E-state index < -0.39 is 18.0 Å². The lowest BCUT2D eigenvalue weighted by molar-refractivity contribution is 0.624. The SMILES string of the molecule is F[Si](F)[SiH](F)F. The zero-order chi connectivity index (χ0) is 5.15. The first-order valence-corrected chi connectivity index (χ1v) is 5.04. The maximum atomic E-state index is 10.6. The van der Waals surface area contributed by atoms with E-state index in [-0.39, 0.29) is 0 Å². The van der Waals surface area contributed by atoms with Gasteiger partial charge < -0.3 is 0 Å². The molecule has 0 aliphatic rings. The van der Waals surface area contributed by atoms with Crippen molar-refractivity contribution in [2.45, 2.75) is 0 Å². The Labute approximate surface area is 35.5 Å². The minimum Gasteiger partial charge on any atom is -0.273 e. The van der Waals surface area contributed by atoms with Crippen LogP contribution in [0.1, 0.15) is 0 Å². The van der Waals surface area contributed by atoms with Crippen LogP contribution >= 0.6 is 0 Å². The van der Waals surface area contributed by atoms with Gasteiger partial charge in [0.15, 0.2) is 0 Å². The molecule has 0 amide bonds. The molecule has 0 unspecified atom stereocenters. The molecule has 0 aromatic heterocycles. The van der Waals surface area contributed by atoms with Crippen LogP contribution in [0.3, 0.4) is 0 Å². The Balaban J connectivity index is 2.99. The zero-order valence-corrected chi connectivity index (χ0v) is 4.74. The van der Waals surface area contributed by atoms with Crippen LogP contribution in [0.25, 0.3) is 0 Å². The third-order valence-electron chi connectivity index (χ3n) is 0.165. The molecule has 0 N–H and O–H groups in total. The van der Waals surface area contributed by atoms with Gasteiger partial charge in [0.25, 0.3) is 0 Å². The number of rotatable bonds is 1. The second kappa shape index (κ2) is 2.35. The van der Waals surface area contributed by atoms with Gasteiger partial charge in [-0.05, 0) is 0 Å². The lowest BCUT2D eigenvalue weighted by atomic mass is 18.8. The first-order chi connectivity index (χ1) is 2.64. The second-order valence-electron chi connectivity index (χ2n) is 0.590. The molecule has 0 saturated heterocycles. The first-order valence-electron chi connectivity index (χ1n) is 1.10. The molecule has 6 heavy (non-hydrogen) atoms. The fraction of sp³-hybridized carbons (Fsp3) is 0. The Hall–Kier alpha value is 0.154. The summed E-state index contributed by atoms with van der Waals surface area (Å²) in [6.45, 7) is 0. The van der Waals surface area contributed by atoms with Crippen LogP contribution in [0, 0.1) is 0 Å². The van der Waals surface area contributed by atoms with Crippen LogP contribution in [-0.2, 0) is 0 Å². The summed E-state index contributed by atoms with van der Waals surface area (Å²) >= 11 is 0. The van der Waals surface area contributed by atoms with Crippen molar-refractivity contribution in [1.29, 1.82) is 0 Å². The molecule has 1 radical (unpaired) electrons. The van der Waals surface area contributed by atoms with Gasteiger partial charge in [-0.2, -0.15) is 0 Å². The Morgan fingerprint density at radius 2 is 1.33 bits per heavy atom. The van der Waals surface area contributed by atoms with Crippen molar-refractivity contribution >= 4 is 18.0 Å². The van der Waals surface area contributed by atoms with Crippen molar-refractivity contribution < 1.29 is 16.4 Å². The predicted molar refractivity (Wildman–Crippen MR) is 17.3 cm³/mol. The highest BCUT2D eigenvalue weighted by molar-refractivity contribution is 7.09. The normalized spacial score (nSPS) is 11.0. The van der Waals surface area contributed by atoms with Crippen molar-refractivity contribution in [3.8, 4) is 0 Å². The van der Waals surface area contributed by atoms with E-state index >= 15 is 0 Å². The Morgan fingerprint density at radius 1 is 1.17 bits per heavy atom. The van der Waals surface area contributed by atoms with Crippen molar-refractivity contribution in [2.75, 3.05) is 0 Å². The smallest absolute Gasteiger partial charge is 0.273 e. The van der Waals surface area contributed by atoms with Gasteiger partial charge in [0.05, 0.1) is 0 Å². The van der Waals surface area contributed by atoms with Crippen LogP contribution in [0.4, 0.5) is 16.4 Å². The van der Waals surface area contributed by atoms with E-state index in [1.54, 1.807) is 0 Å². The summed E-state index contributed by atoms with van der Waals surface area (Å²) in [5.41, 5.74) is 0. The molecule has 0 fully saturated rings. The van der Waals surface area contributed by atoms with Gasteiger partial charge in [-0.15, -0.1) is 0 Å². The average molecular weight is 133 g/mol. The Kier molecular flexibility index (Phi) is 2.41. The van der Waals surface area contributed by atoms with E-state index in [4.69, 9.17) is 0 Å². The summed E-state index contributed by atoms with van der Waals surface area (Å²) in [4.78, 5) is 0. The molecule has 0 aromatic rings. The molecule has 0 aliphatic heterocycles. The molecule has 37 valence electrons. The van der Waals surface area contributed by atoms with Gasteiger partial charge in [0.1, 0.15) is 0 Å². The molecule has 0 heterocycles. The molecule has 0 spiro atoms. The van der Waals surface area contributed by atoms with Gasteiger partial charge in [0.2, 0.25) is 0 Å². The van der Waals surface area contributed by atoms with E-state index in [1.807, 2.05) is 0 Å². The molecule has 0 rings (SSSR count). The number of hydrogen-bond acceptors (Lipinski definition) is 0. The van der Waals surface area contributed by atoms with Crippen LogP contribution in [-0.4, -0.2) is 18.0 Å². The summed E-state index contributed by atoms with van der Waals surface area (Å²) in [5.74, 6) is 0. The largest absolute Gasteiger partial charge is 0.526 e. The van der Waals surface area contributed by atoms with Crippen molar-refractivity contribution in [3.05, 3.63) is 0 Å². The number of halogens is 4. The van der Waals surface area contributed by atoms with Crippen LogP contribution in [0.15, 0.2) is 0 Å². The standard InChI is InChI=1S/F4HSi2/c1-5(2)6(3)4/h5H. The molecule has 0 saturated carbocycles. The highest BCUT2D eigenvalue weighted by Gasteiger charge is 2.28. The van der Waals surface area contributed by atoms with Gasteiger partial charge in [-0.3, -0.25) is 16.4 Å². The lowest BCUT2D eigenvalue weighted by Crippen LogP contribution is -2.16. The third kappa shape index (κ3) is 2.39. The quantitative estimate of drug-likeness (QED) is 0.280. The van der Waals surface area contributed by atoms with Crippen LogP contribution < -0.4 is 0 Å².